The number of rotatable bonds is 1. The minimum atomic E-state index is 0. The molecule has 0 radical (unpaired) electrons. The molecule has 0 amide bonds. The Morgan fingerprint density at radius 2 is 1.62 bits per heavy atom. The topological polar surface area (TPSA) is 79.0 Å². The molecule has 5 nitrogen and oxygen atoms in total. The number of hydrogen-bond donors (Lipinski definition) is 3. The van der Waals surface area contributed by atoms with Crippen LogP contribution in [0.1, 0.15) is 0 Å². The van der Waals surface area contributed by atoms with E-state index in [1.165, 1.54) is 14.2 Å². The lowest BCUT2D eigenvalue weighted by Gasteiger charge is -1.98. The van der Waals surface area contributed by atoms with Gasteiger partial charge in [-0.3, -0.25) is 10.0 Å². The molecule has 0 aliphatic carbocycles. The van der Waals surface area contributed by atoms with Crippen LogP contribution in [0.3, 0.4) is 0 Å². The smallest absolute Gasteiger partial charge is 0.0601 e. The van der Waals surface area contributed by atoms with Gasteiger partial charge in [0.15, 0.2) is 0 Å². The van der Waals surface area contributed by atoms with E-state index in [0.717, 1.165) is 0 Å². The molecule has 8 heavy (non-hydrogen) atoms. The summed E-state index contributed by atoms with van der Waals surface area (Å²) in [5.41, 5.74) is 0. The number of hydrogen-bond acceptors (Lipinski definition) is 5. The molecule has 0 saturated carbocycles. The first-order chi connectivity index (χ1) is 3.27. The lowest BCUT2D eigenvalue weighted by Crippen LogP contribution is -2.08. The van der Waals surface area contributed by atoms with Crippen LogP contribution < -0.4 is 5.90 Å². The molecular weight excluding hydrogens is 135 g/mol. The monoisotopic (exact) mass is 146 g/mol. The van der Waals surface area contributed by atoms with Crippen molar-refractivity contribution in [1.82, 2.24) is 5.23 Å². The summed E-state index contributed by atoms with van der Waals surface area (Å²) in [6.45, 7) is 0. The second kappa shape index (κ2) is 15.7. The van der Waals surface area contributed by atoms with Gasteiger partial charge in [-0.1, -0.05) is 5.23 Å². The van der Waals surface area contributed by atoms with Crippen molar-refractivity contribution in [3.8, 4) is 0 Å². The minimum Gasteiger partial charge on any atom is -0.320 e. The van der Waals surface area contributed by atoms with Gasteiger partial charge in [0.05, 0.1) is 7.11 Å². The summed E-state index contributed by atoms with van der Waals surface area (Å²) in [7, 11) is 2.76. The van der Waals surface area contributed by atoms with E-state index >= 15 is 0 Å². The number of nitrogens with two attached hydrogens (primary N) is 1. The molecule has 0 aromatic heterocycles. The number of hydroxylamine groups is 2. The van der Waals surface area contributed by atoms with Crippen molar-refractivity contribution in [2.24, 2.45) is 5.90 Å². The maximum atomic E-state index is 7.97. The van der Waals surface area contributed by atoms with Crippen LogP contribution >= 0.6 is 12.4 Å². The molecule has 0 rings (SSSR count). The third kappa shape index (κ3) is 36.1. The minimum absolute atomic E-state index is 0. The van der Waals surface area contributed by atoms with E-state index in [0.29, 0.717) is 5.23 Å². The van der Waals surface area contributed by atoms with Gasteiger partial charge in [0, 0.05) is 7.05 Å². The summed E-state index contributed by atoms with van der Waals surface area (Å²) in [4.78, 5) is 4.14. The van der Waals surface area contributed by atoms with E-state index < -0.39 is 0 Å². The summed E-state index contributed by atoms with van der Waals surface area (Å²) in [6.07, 6.45) is 0. The number of halogens is 1. The first kappa shape index (κ1) is 15.7. The van der Waals surface area contributed by atoms with Crippen molar-refractivity contribution in [3.63, 3.8) is 0 Å². The second-order valence-electron chi connectivity index (χ2n) is 0.647. The van der Waals surface area contributed by atoms with Crippen LogP contribution in [0.15, 0.2) is 0 Å². The van der Waals surface area contributed by atoms with Crippen molar-refractivity contribution in [3.05, 3.63) is 0 Å². The maximum absolute atomic E-state index is 7.97. The van der Waals surface area contributed by atoms with Gasteiger partial charge in [-0.25, -0.2) is 5.90 Å². The van der Waals surface area contributed by atoms with Gasteiger partial charge in [-0.05, 0) is 0 Å². The quantitative estimate of drug-likeness (QED) is 0.440. The third-order valence-corrected chi connectivity index (χ3v) is 0.264. The van der Waals surface area contributed by atoms with Gasteiger partial charge in [0.25, 0.3) is 0 Å². The van der Waals surface area contributed by atoms with Crippen LogP contribution in [0.5, 0.6) is 0 Å². The molecule has 4 N–H and O–H groups in total. The first-order valence-corrected chi connectivity index (χ1v) is 1.50. The highest BCUT2D eigenvalue weighted by Gasteiger charge is 1.73. The third-order valence-electron chi connectivity index (χ3n) is 0.264. The zero-order valence-corrected chi connectivity index (χ0v) is 5.55. The van der Waals surface area contributed by atoms with Crippen molar-refractivity contribution < 1.29 is 15.3 Å². The fraction of sp³-hybridized carbons (Fsp3) is 1.00. The molecule has 0 spiro atoms. The lowest BCUT2D eigenvalue weighted by atomic mass is 11.5. The lowest BCUT2D eigenvalue weighted by molar-refractivity contribution is -0.307. The molecule has 54 valence electrons. The van der Waals surface area contributed by atoms with Crippen molar-refractivity contribution in [2.75, 3.05) is 14.2 Å². The molecule has 0 unspecified atom stereocenters. The Hall–Kier alpha value is 0.0900. The number of nitrogens with zero attached hydrogens (tertiary/aromatic N) is 1. The first-order valence-electron chi connectivity index (χ1n) is 1.50. The zero-order valence-electron chi connectivity index (χ0n) is 4.74. The average Bonchev–Trinajstić information content (AvgIpc) is 1.73. The second-order valence-corrected chi connectivity index (χ2v) is 0.647. The molecule has 0 fully saturated rings. The van der Waals surface area contributed by atoms with E-state index in [9.17, 15) is 0 Å². The Kier molecular flexibility index (Phi) is 30.8. The van der Waals surface area contributed by atoms with Crippen LogP contribution in [-0.2, 0) is 4.84 Å². The molecular formula is C2H11ClN2O3. The molecule has 0 bridgehead atoms. The summed E-state index contributed by atoms with van der Waals surface area (Å²) in [6, 6.07) is 0. The fourth-order valence-electron chi connectivity index (χ4n) is 0. The molecule has 0 atom stereocenters. The standard InChI is InChI=1S/C2H7NO2.ClH.H3NO/c1-3(4)5-2;;1-2/h4H,1-2H3;1H;2H,1H2. The van der Waals surface area contributed by atoms with E-state index in [1.807, 2.05) is 0 Å². The van der Waals surface area contributed by atoms with Crippen molar-refractivity contribution in [2.45, 2.75) is 0 Å². The molecule has 0 aromatic carbocycles. The Morgan fingerprint density at radius 1 is 1.50 bits per heavy atom. The van der Waals surface area contributed by atoms with Crippen LogP contribution in [0, 0.1) is 0 Å². The predicted molar refractivity (Wildman–Crippen MR) is 29.8 cm³/mol. The highest BCUT2D eigenvalue weighted by molar-refractivity contribution is 5.85. The van der Waals surface area contributed by atoms with E-state index in [-0.39, 0.29) is 12.4 Å². The summed E-state index contributed by atoms with van der Waals surface area (Å²) >= 11 is 0. The van der Waals surface area contributed by atoms with Gasteiger partial charge in [0.1, 0.15) is 0 Å². The van der Waals surface area contributed by atoms with Crippen LogP contribution in [-0.4, -0.2) is 29.8 Å². The van der Waals surface area contributed by atoms with Gasteiger partial charge >= 0.3 is 0 Å². The van der Waals surface area contributed by atoms with Crippen LogP contribution in [0.2, 0.25) is 0 Å². The normalized spacial score (nSPS) is 6.75. The van der Waals surface area contributed by atoms with Crippen molar-refractivity contribution in [1.29, 1.82) is 0 Å². The van der Waals surface area contributed by atoms with Crippen molar-refractivity contribution >= 4 is 12.4 Å². The SMILES string of the molecule is CON(C)O.Cl.NO. The Morgan fingerprint density at radius 3 is 1.62 bits per heavy atom. The molecule has 0 heterocycles. The molecule has 0 aromatic rings. The van der Waals surface area contributed by atoms with E-state index in [2.05, 4.69) is 10.7 Å². The molecule has 0 saturated heterocycles. The molecule has 0 aliphatic heterocycles. The maximum Gasteiger partial charge on any atom is 0.0601 e. The van der Waals surface area contributed by atoms with E-state index in [4.69, 9.17) is 10.4 Å². The summed E-state index contributed by atoms with van der Waals surface area (Å²) < 4.78 is 0. The highest BCUT2D eigenvalue weighted by Crippen LogP contribution is 1.63. The molecule has 0 aliphatic rings. The van der Waals surface area contributed by atoms with Gasteiger partial charge in [-0.2, -0.15) is 0 Å². The summed E-state index contributed by atoms with van der Waals surface area (Å²) in [5.74, 6) is 3.50. The Bertz CT molecular complexity index is 29.2. The Labute approximate surface area is 53.9 Å². The fourth-order valence-corrected chi connectivity index (χ4v) is 0. The van der Waals surface area contributed by atoms with Gasteiger partial charge in [-0.15, -0.1) is 12.4 Å². The van der Waals surface area contributed by atoms with Gasteiger partial charge < -0.3 is 5.21 Å². The highest BCUT2D eigenvalue weighted by atomic mass is 35.5. The zero-order chi connectivity index (χ0) is 6.28. The van der Waals surface area contributed by atoms with Gasteiger partial charge in [0.2, 0.25) is 0 Å². The Balaban J connectivity index is -0.0000000750. The predicted octanol–water partition coefficient (Wildman–Crippen LogP) is -0.375. The summed E-state index contributed by atoms with van der Waals surface area (Å²) in [5, 5.41) is 15.1. The van der Waals surface area contributed by atoms with E-state index in [1.54, 1.807) is 0 Å². The van der Waals surface area contributed by atoms with Crippen LogP contribution in [0.4, 0.5) is 0 Å². The largest absolute Gasteiger partial charge is 0.320 e. The average molecular weight is 147 g/mol. The van der Waals surface area contributed by atoms with Crippen LogP contribution in [0.25, 0.3) is 0 Å². The molecule has 6 heteroatoms.